The number of amides is 1. The van der Waals surface area contributed by atoms with Crippen LogP contribution in [0.4, 0.5) is 11.4 Å². The van der Waals surface area contributed by atoms with Crippen molar-refractivity contribution in [1.82, 2.24) is 0 Å². The SMILES string of the molecule is CC1(C2CC2)Nc2cc(C#N)ccc2NC1=O. The van der Waals surface area contributed by atoms with Crippen LogP contribution in [0.5, 0.6) is 0 Å². The first-order chi connectivity index (χ1) is 8.13. The Bertz CT molecular complexity index is 542. The second kappa shape index (κ2) is 3.24. The molecule has 3 rings (SSSR count). The molecule has 86 valence electrons. The van der Waals surface area contributed by atoms with E-state index in [1.807, 2.05) is 6.92 Å². The van der Waals surface area contributed by atoms with Gasteiger partial charge in [0.2, 0.25) is 5.91 Å². The smallest absolute Gasteiger partial charge is 0.250 e. The zero-order valence-corrected chi connectivity index (χ0v) is 9.58. The molecular formula is C13H13N3O. The standard InChI is InChI=1S/C13H13N3O/c1-13(9-3-4-9)12(17)15-10-5-2-8(7-14)6-11(10)16-13/h2,5-6,9,16H,3-4H2,1H3,(H,15,17). The number of benzene rings is 1. The first-order valence-electron chi connectivity index (χ1n) is 5.77. The summed E-state index contributed by atoms with van der Waals surface area (Å²) in [5.74, 6) is 0.429. The van der Waals surface area contributed by atoms with Crippen molar-refractivity contribution in [3.05, 3.63) is 23.8 Å². The van der Waals surface area contributed by atoms with Gasteiger partial charge in [-0.25, -0.2) is 0 Å². The van der Waals surface area contributed by atoms with Gasteiger partial charge >= 0.3 is 0 Å². The molecule has 1 heterocycles. The summed E-state index contributed by atoms with van der Waals surface area (Å²) in [5.41, 5.74) is 1.68. The van der Waals surface area contributed by atoms with Crippen LogP contribution in [0.1, 0.15) is 25.3 Å². The molecule has 17 heavy (non-hydrogen) atoms. The predicted molar refractivity (Wildman–Crippen MR) is 64.5 cm³/mol. The van der Waals surface area contributed by atoms with E-state index in [1.165, 1.54) is 0 Å². The Labute approximate surface area is 99.6 Å². The Morgan fingerprint density at radius 1 is 1.41 bits per heavy atom. The van der Waals surface area contributed by atoms with E-state index in [4.69, 9.17) is 5.26 Å². The zero-order valence-electron chi connectivity index (χ0n) is 9.58. The average Bonchev–Trinajstić information content (AvgIpc) is 3.14. The fourth-order valence-corrected chi connectivity index (χ4v) is 2.36. The third kappa shape index (κ3) is 1.47. The summed E-state index contributed by atoms with van der Waals surface area (Å²) in [5, 5.41) is 15.1. The maximum absolute atomic E-state index is 12.1. The number of anilines is 2. The maximum Gasteiger partial charge on any atom is 0.250 e. The first kappa shape index (κ1) is 10.2. The number of nitrogens with zero attached hydrogens (tertiary/aromatic N) is 1. The quantitative estimate of drug-likeness (QED) is 0.772. The molecule has 1 unspecified atom stereocenters. The second-order valence-corrected chi connectivity index (χ2v) is 4.93. The highest BCUT2D eigenvalue weighted by atomic mass is 16.2. The van der Waals surface area contributed by atoms with Crippen LogP contribution >= 0.6 is 0 Å². The lowest BCUT2D eigenvalue weighted by atomic mass is 9.91. The fraction of sp³-hybridized carbons (Fsp3) is 0.385. The van der Waals surface area contributed by atoms with E-state index in [-0.39, 0.29) is 5.91 Å². The van der Waals surface area contributed by atoms with Crippen molar-refractivity contribution in [2.75, 3.05) is 10.6 Å². The third-order valence-corrected chi connectivity index (χ3v) is 3.66. The van der Waals surface area contributed by atoms with Crippen LogP contribution in [-0.2, 0) is 4.79 Å². The normalized spacial score (nSPS) is 26.5. The highest BCUT2D eigenvalue weighted by Gasteiger charge is 2.49. The van der Waals surface area contributed by atoms with Crippen molar-refractivity contribution >= 4 is 17.3 Å². The zero-order chi connectivity index (χ0) is 12.0. The molecule has 4 heteroatoms. The van der Waals surface area contributed by atoms with Crippen LogP contribution in [0.2, 0.25) is 0 Å². The molecule has 1 aromatic rings. The molecule has 1 amide bonds. The number of hydrogen-bond donors (Lipinski definition) is 2. The lowest BCUT2D eigenvalue weighted by molar-refractivity contribution is -0.120. The monoisotopic (exact) mass is 227 g/mol. The molecule has 1 saturated carbocycles. The van der Waals surface area contributed by atoms with Gasteiger partial charge in [0.05, 0.1) is 23.0 Å². The van der Waals surface area contributed by atoms with Gasteiger partial charge in [0.1, 0.15) is 5.54 Å². The number of hydrogen-bond acceptors (Lipinski definition) is 3. The molecule has 0 spiro atoms. The minimum Gasteiger partial charge on any atom is -0.369 e. The van der Waals surface area contributed by atoms with Gasteiger partial charge < -0.3 is 10.6 Å². The van der Waals surface area contributed by atoms with E-state index in [1.54, 1.807) is 18.2 Å². The van der Waals surface area contributed by atoms with Gasteiger partial charge in [0, 0.05) is 0 Å². The Balaban J connectivity index is 2.02. The third-order valence-electron chi connectivity index (χ3n) is 3.66. The van der Waals surface area contributed by atoms with Crippen LogP contribution in [0, 0.1) is 17.2 Å². The van der Waals surface area contributed by atoms with E-state index in [9.17, 15) is 4.79 Å². The number of fused-ring (bicyclic) bond motifs is 1. The fourth-order valence-electron chi connectivity index (χ4n) is 2.36. The largest absolute Gasteiger partial charge is 0.369 e. The molecule has 1 atom stereocenters. The summed E-state index contributed by atoms with van der Waals surface area (Å²) in [7, 11) is 0. The summed E-state index contributed by atoms with van der Waals surface area (Å²) in [6.07, 6.45) is 2.17. The minimum absolute atomic E-state index is 0.0252. The van der Waals surface area contributed by atoms with E-state index in [0.29, 0.717) is 11.5 Å². The highest BCUT2D eigenvalue weighted by Crippen LogP contribution is 2.45. The summed E-state index contributed by atoms with van der Waals surface area (Å²) in [4.78, 5) is 12.1. The molecule has 1 fully saturated rings. The van der Waals surface area contributed by atoms with Gasteiger partial charge in [-0.1, -0.05) is 0 Å². The molecule has 2 aliphatic rings. The molecule has 0 radical (unpaired) electrons. The first-order valence-corrected chi connectivity index (χ1v) is 5.77. The predicted octanol–water partition coefficient (Wildman–Crippen LogP) is 2.09. The van der Waals surface area contributed by atoms with Crippen molar-refractivity contribution in [2.24, 2.45) is 5.92 Å². The van der Waals surface area contributed by atoms with E-state index < -0.39 is 5.54 Å². The van der Waals surface area contributed by atoms with Gasteiger partial charge in [0.15, 0.2) is 0 Å². The summed E-state index contributed by atoms with van der Waals surface area (Å²) < 4.78 is 0. The molecule has 4 nitrogen and oxygen atoms in total. The van der Waals surface area contributed by atoms with Gasteiger partial charge in [-0.05, 0) is 43.9 Å². The maximum atomic E-state index is 12.1. The number of carbonyl (C=O) groups is 1. The van der Waals surface area contributed by atoms with E-state index in [2.05, 4.69) is 16.7 Å². The van der Waals surface area contributed by atoms with Gasteiger partial charge in [-0.2, -0.15) is 5.26 Å². The topological polar surface area (TPSA) is 64.9 Å². The van der Waals surface area contributed by atoms with Gasteiger partial charge in [-0.3, -0.25) is 4.79 Å². The Kier molecular flexibility index (Phi) is 1.93. The van der Waals surface area contributed by atoms with Crippen LogP contribution in [0.3, 0.4) is 0 Å². The van der Waals surface area contributed by atoms with Crippen molar-refractivity contribution in [3.63, 3.8) is 0 Å². The van der Waals surface area contributed by atoms with E-state index in [0.717, 1.165) is 24.2 Å². The molecule has 0 saturated heterocycles. The molecule has 2 N–H and O–H groups in total. The van der Waals surface area contributed by atoms with E-state index >= 15 is 0 Å². The molecule has 1 aliphatic heterocycles. The second-order valence-electron chi connectivity index (χ2n) is 4.93. The van der Waals surface area contributed by atoms with Crippen molar-refractivity contribution in [1.29, 1.82) is 5.26 Å². The van der Waals surface area contributed by atoms with Crippen LogP contribution in [0.15, 0.2) is 18.2 Å². The number of rotatable bonds is 1. The number of carbonyl (C=O) groups excluding carboxylic acids is 1. The summed E-state index contributed by atoms with van der Waals surface area (Å²) in [6, 6.07) is 7.37. The lowest BCUT2D eigenvalue weighted by Crippen LogP contribution is -2.51. The van der Waals surface area contributed by atoms with Crippen molar-refractivity contribution < 1.29 is 4.79 Å². The molecule has 1 aromatic carbocycles. The van der Waals surface area contributed by atoms with Crippen LogP contribution < -0.4 is 10.6 Å². The van der Waals surface area contributed by atoms with Gasteiger partial charge in [0.25, 0.3) is 0 Å². The van der Waals surface area contributed by atoms with Crippen LogP contribution in [-0.4, -0.2) is 11.4 Å². The highest BCUT2D eigenvalue weighted by molar-refractivity contribution is 6.06. The Morgan fingerprint density at radius 2 is 2.18 bits per heavy atom. The molecule has 1 aliphatic carbocycles. The Hall–Kier alpha value is -2.02. The average molecular weight is 227 g/mol. The summed E-state index contributed by atoms with van der Waals surface area (Å²) in [6.45, 7) is 1.93. The van der Waals surface area contributed by atoms with Crippen molar-refractivity contribution in [3.8, 4) is 6.07 Å². The molecule has 0 bridgehead atoms. The van der Waals surface area contributed by atoms with Crippen molar-refractivity contribution in [2.45, 2.75) is 25.3 Å². The number of nitrogens with one attached hydrogen (secondary N) is 2. The minimum atomic E-state index is -0.527. The van der Waals surface area contributed by atoms with Crippen LogP contribution in [0.25, 0.3) is 0 Å². The van der Waals surface area contributed by atoms with Gasteiger partial charge in [-0.15, -0.1) is 0 Å². The summed E-state index contributed by atoms with van der Waals surface area (Å²) >= 11 is 0. The Morgan fingerprint density at radius 3 is 2.82 bits per heavy atom. The molecular weight excluding hydrogens is 214 g/mol. The lowest BCUT2D eigenvalue weighted by Gasteiger charge is -2.36. The molecule has 0 aromatic heterocycles. The number of nitriles is 1.